The minimum Gasteiger partial charge on any atom is -0.475 e. The molecule has 0 unspecified atom stereocenters. The number of piperidine rings is 1. The highest BCUT2D eigenvalue weighted by molar-refractivity contribution is 7.99. The molecule has 1 saturated heterocycles. The average molecular weight is 666 g/mol. The maximum Gasteiger partial charge on any atom is 0.490 e. The number of Topliss-reactive ketones (excluding diaryl/α,β-unsaturated/α-hetero) is 1. The van der Waals surface area contributed by atoms with Gasteiger partial charge in [0.05, 0.1) is 5.75 Å². The highest BCUT2D eigenvalue weighted by atomic mass is 32.2. The fourth-order valence-electron chi connectivity index (χ4n) is 4.17. The van der Waals surface area contributed by atoms with E-state index in [-0.39, 0.29) is 18.6 Å². The highest BCUT2D eigenvalue weighted by Gasteiger charge is 2.39. The van der Waals surface area contributed by atoms with Crippen molar-refractivity contribution in [2.45, 2.75) is 56.7 Å². The molecule has 0 aliphatic carbocycles. The number of benzene rings is 1. The number of primary amides is 1. The molecule has 1 aromatic rings. The summed E-state index contributed by atoms with van der Waals surface area (Å²) in [6.07, 6.45) is -7.74. The van der Waals surface area contributed by atoms with Gasteiger partial charge in [0.15, 0.2) is 9.84 Å². The molecule has 0 radical (unpaired) electrons. The van der Waals surface area contributed by atoms with E-state index in [9.17, 15) is 49.1 Å². The second-order valence-electron chi connectivity index (χ2n) is 9.70. The first-order valence-electron chi connectivity index (χ1n) is 12.7. The fourth-order valence-corrected chi connectivity index (χ4v) is 5.63. The molecule has 1 fully saturated rings. The first-order valence-corrected chi connectivity index (χ1v) is 16.0. The number of thioether (sulfide) groups is 1. The maximum absolute atomic E-state index is 13.0. The standard InChI is InChI=1S/C23H32F3N3O5S2.C2HF3O2/c1-36(33,34)16-21(31)29(18-9-11-28(12-10-18)14-17-6-3-2-4-7-17)19(22(27)32)8-5-13-35-15-20(30)23(24,25)26;3-2(4,5)1(6)7/h2-4,6-7,18-19H,5,8-16H2,1H3,(H2,27,32);(H,6,7)/t19-;/m0./s1. The maximum atomic E-state index is 13.0. The van der Waals surface area contributed by atoms with Crippen molar-refractivity contribution < 1.29 is 59.0 Å². The number of ketones is 1. The third kappa shape index (κ3) is 14.9. The zero-order valence-corrected chi connectivity index (χ0v) is 24.7. The van der Waals surface area contributed by atoms with Crippen LogP contribution in [0.2, 0.25) is 0 Å². The van der Waals surface area contributed by atoms with Gasteiger partial charge in [-0.15, -0.1) is 0 Å². The van der Waals surface area contributed by atoms with Crippen LogP contribution in [0.4, 0.5) is 26.3 Å². The minimum atomic E-state index is -5.08. The third-order valence-electron chi connectivity index (χ3n) is 6.10. The van der Waals surface area contributed by atoms with Gasteiger partial charge >= 0.3 is 18.3 Å². The van der Waals surface area contributed by atoms with Crippen LogP contribution >= 0.6 is 11.8 Å². The fraction of sp³-hybridized carbons (Fsp3) is 0.600. The molecule has 10 nitrogen and oxygen atoms in total. The number of halogens is 6. The van der Waals surface area contributed by atoms with E-state index < -0.39 is 69.3 Å². The number of nitrogens with zero attached hydrogens (tertiary/aromatic N) is 2. The van der Waals surface area contributed by atoms with Crippen LogP contribution in [0.25, 0.3) is 0 Å². The summed E-state index contributed by atoms with van der Waals surface area (Å²) in [7, 11) is -3.67. The third-order valence-corrected chi connectivity index (χ3v) is 7.91. The summed E-state index contributed by atoms with van der Waals surface area (Å²) in [6, 6.07) is 8.35. The van der Waals surface area contributed by atoms with Crippen LogP contribution in [0, 0.1) is 0 Å². The molecule has 43 heavy (non-hydrogen) atoms. The van der Waals surface area contributed by atoms with Gasteiger partial charge < -0.3 is 15.7 Å². The molecule has 0 bridgehead atoms. The number of hydrogen-bond donors (Lipinski definition) is 2. The molecular formula is C25H33F6N3O7S2. The predicted octanol–water partition coefficient (Wildman–Crippen LogP) is 2.66. The van der Waals surface area contributed by atoms with E-state index in [0.29, 0.717) is 25.9 Å². The smallest absolute Gasteiger partial charge is 0.475 e. The number of rotatable bonds is 13. The van der Waals surface area contributed by atoms with Crippen molar-refractivity contribution in [2.75, 3.05) is 36.6 Å². The molecule has 3 N–H and O–H groups in total. The number of carboxylic acid groups (broad SMARTS) is 1. The Morgan fingerprint density at radius 2 is 1.58 bits per heavy atom. The van der Waals surface area contributed by atoms with Gasteiger partial charge in [-0.25, -0.2) is 13.2 Å². The molecule has 0 aromatic heterocycles. The number of nitrogens with two attached hydrogens (primary N) is 1. The molecule has 18 heteroatoms. The number of carbonyl (C=O) groups is 4. The van der Waals surface area contributed by atoms with Gasteiger partial charge in [0.2, 0.25) is 17.6 Å². The molecule has 2 rings (SSSR count). The van der Waals surface area contributed by atoms with Crippen molar-refractivity contribution in [3.05, 3.63) is 35.9 Å². The Balaban J connectivity index is 0.00000117. The quantitative estimate of drug-likeness (QED) is 0.239. The van der Waals surface area contributed by atoms with Crippen molar-refractivity contribution >= 4 is 45.2 Å². The van der Waals surface area contributed by atoms with Crippen LogP contribution in [0.1, 0.15) is 31.2 Å². The van der Waals surface area contributed by atoms with Crippen LogP contribution in [0.15, 0.2) is 30.3 Å². The van der Waals surface area contributed by atoms with Gasteiger partial charge in [0.25, 0.3) is 0 Å². The Labute approximate surface area is 248 Å². The van der Waals surface area contributed by atoms with Crippen molar-refractivity contribution in [3.8, 4) is 0 Å². The normalized spacial score (nSPS) is 15.6. The zero-order chi connectivity index (χ0) is 33.0. The van der Waals surface area contributed by atoms with Crippen molar-refractivity contribution in [2.24, 2.45) is 5.73 Å². The van der Waals surface area contributed by atoms with E-state index in [0.717, 1.165) is 30.1 Å². The van der Waals surface area contributed by atoms with Gasteiger partial charge in [-0.2, -0.15) is 38.1 Å². The van der Waals surface area contributed by atoms with Crippen LogP contribution in [0.3, 0.4) is 0 Å². The zero-order valence-electron chi connectivity index (χ0n) is 23.1. The van der Waals surface area contributed by atoms with E-state index in [2.05, 4.69) is 4.90 Å². The monoisotopic (exact) mass is 665 g/mol. The van der Waals surface area contributed by atoms with Crippen LogP contribution < -0.4 is 5.73 Å². The van der Waals surface area contributed by atoms with Crippen LogP contribution in [-0.2, 0) is 35.6 Å². The number of aliphatic carboxylic acids is 1. The van der Waals surface area contributed by atoms with E-state index in [1.54, 1.807) is 0 Å². The summed E-state index contributed by atoms with van der Waals surface area (Å²) < 4.78 is 92.5. The molecule has 1 aromatic carbocycles. The molecule has 1 atom stereocenters. The minimum absolute atomic E-state index is 0.0578. The number of hydrogen-bond acceptors (Lipinski definition) is 8. The number of carboxylic acids is 1. The Hall–Kier alpha value is -2.86. The van der Waals surface area contributed by atoms with Crippen molar-refractivity contribution in [3.63, 3.8) is 0 Å². The van der Waals surface area contributed by atoms with E-state index in [4.69, 9.17) is 15.6 Å². The average Bonchev–Trinajstić information content (AvgIpc) is 2.87. The topological polar surface area (TPSA) is 155 Å². The molecule has 1 aliphatic rings. The Morgan fingerprint density at radius 3 is 2.02 bits per heavy atom. The summed E-state index contributed by atoms with van der Waals surface area (Å²) in [6.45, 7) is 1.98. The molecule has 2 amide bonds. The number of amides is 2. The van der Waals surface area contributed by atoms with Gasteiger partial charge in [-0.1, -0.05) is 30.3 Å². The van der Waals surface area contributed by atoms with Crippen molar-refractivity contribution in [1.82, 2.24) is 9.80 Å². The number of carbonyl (C=O) groups excluding carboxylic acids is 3. The van der Waals surface area contributed by atoms with E-state index >= 15 is 0 Å². The number of sulfone groups is 1. The van der Waals surface area contributed by atoms with Crippen LogP contribution in [0.5, 0.6) is 0 Å². The highest BCUT2D eigenvalue weighted by Crippen LogP contribution is 2.24. The lowest BCUT2D eigenvalue weighted by Crippen LogP contribution is -2.56. The molecular weight excluding hydrogens is 632 g/mol. The largest absolute Gasteiger partial charge is 0.490 e. The molecule has 1 heterocycles. The first kappa shape index (κ1) is 38.2. The van der Waals surface area contributed by atoms with Gasteiger partial charge in [0, 0.05) is 31.9 Å². The predicted molar refractivity (Wildman–Crippen MR) is 146 cm³/mol. The Morgan fingerprint density at radius 1 is 1.05 bits per heavy atom. The summed E-state index contributed by atoms with van der Waals surface area (Å²) in [5, 5.41) is 7.12. The van der Waals surface area contributed by atoms with Crippen LogP contribution in [-0.4, -0.2) is 108 Å². The number of likely N-dealkylation sites (tertiary alicyclic amines) is 1. The van der Waals surface area contributed by atoms with Gasteiger partial charge in [0.1, 0.15) is 11.8 Å². The van der Waals surface area contributed by atoms with Crippen molar-refractivity contribution in [1.29, 1.82) is 0 Å². The molecule has 0 spiro atoms. The summed E-state index contributed by atoms with van der Waals surface area (Å²) in [4.78, 5) is 48.7. The molecule has 244 valence electrons. The van der Waals surface area contributed by atoms with E-state index in [1.165, 1.54) is 4.90 Å². The summed E-state index contributed by atoms with van der Waals surface area (Å²) >= 11 is 0.781. The van der Waals surface area contributed by atoms with Gasteiger partial charge in [-0.05, 0) is 37.0 Å². The Kier molecular flexibility index (Phi) is 14.9. The lowest BCUT2D eigenvalue weighted by atomic mass is 9.98. The molecule has 1 aliphatic heterocycles. The summed E-state index contributed by atoms with van der Waals surface area (Å²) in [5.41, 5.74) is 6.73. The Bertz CT molecular complexity index is 1190. The lowest BCUT2D eigenvalue weighted by Gasteiger charge is -2.41. The van der Waals surface area contributed by atoms with E-state index in [1.807, 2.05) is 30.3 Å². The second-order valence-corrected chi connectivity index (χ2v) is 12.9. The van der Waals surface area contributed by atoms with Gasteiger partial charge in [-0.3, -0.25) is 19.3 Å². The number of alkyl halides is 6. The first-order chi connectivity index (χ1) is 19.7. The molecule has 0 saturated carbocycles. The second kappa shape index (κ2) is 16.8. The SMILES string of the molecule is CS(=O)(=O)CC(=O)N(C1CCN(Cc2ccccc2)CC1)[C@@H](CCCSCC(=O)C(F)(F)F)C(N)=O.O=C(O)C(F)(F)F. The summed E-state index contributed by atoms with van der Waals surface area (Å²) in [5.74, 6) is -7.48. The lowest BCUT2D eigenvalue weighted by molar-refractivity contribution is -0.192.